The van der Waals surface area contributed by atoms with E-state index in [1.165, 1.54) is 19.1 Å². The molecule has 0 fully saturated rings. The summed E-state index contributed by atoms with van der Waals surface area (Å²) >= 11 is 0. The number of allylic oxidation sites excluding steroid dienone is 3. The fourth-order valence-corrected chi connectivity index (χ4v) is 4.28. The Labute approximate surface area is 197 Å². The number of rotatable bonds is 5. The molecule has 2 N–H and O–H groups in total. The van der Waals surface area contributed by atoms with Crippen molar-refractivity contribution in [2.24, 2.45) is 5.92 Å². The van der Waals surface area contributed by atoms with E-state index in [-0.39, 0.29) is 30.1 Å². The van der Waals surface area contributed by atoms with Crippen LogP contribution in [0.25, 0.3) is 0 Å². The van der Waals surface area contributed by atoms with Gasteiger partial charge in [-0.3, -0.25) is 9.59 Å². The van der Waals surface area contributed by atoms with E-state index < -0.39 is 24.1 Å². The quantitative estimate of drug-likeness (QED) is 0.711. The first-order chi connectivity index (χ1) is 16.3. The number of hydrogen-bond donors (Lipinski definition) is 2. The first-order valence-electron chi connectivity index (χ1n) is 11.1. The number of nitrogens with zero attached hydrogens (tertiary/aromatic N) is 1. The number of benzene rings is 2. The van der Waals surface area contributed by atoms with Crippen molar-refractivity contribution in [1.82, 2.24) is 10.6 Å². The van der Waals surface area contributed by atoms with E-state index in [1.807, 2.05) is 48.6 Å². The summed E-state index contributed by atoms with van der Waals surface area (Å²) in [7, 11) is 1.69. The molecule has 0 saturated carbocycles. The second-order valence-corrected chi connectivity index (χ2v) is 8.34. The fourth-order valence-electron chi connectivity index (χ4n) is 4.28. The van der Waals surface area contributed by atoms with E-state index in [0.717, 1.165) is 11.3 Å². The van der Waals surface area contributed by atoms with Gasteiger partial charge in [-0.25, -0.2) is 9.18 Å². The smallest absolute Gasteiger partial charge is 0.408 e. The van der Waals surface area contributed by atoms with Gasteiger partial charge in [0, 0.05) is 31.1 Å². The number of likely N-dealkylation sites (N-methyl/N-ethyl adjacent to an activating group) is 1. The second kappa shape index (κ2) is 9.91. The van der Waals surface area contributed by atoms with E-state index in [2.05, 4.69) is 10.6 Å². The number of fused-ring (bicyclic) bond motifs is 3. The predicted molar refractivity (Wildman–Crippen MR) is 125 cm³/mol. The standard InChI is InChI=1S/C26H26FN3O4/c1-16(34-26(33)28-15-17-11-13-18(27)14-12-17)24(31)29-23-21-9-4-3-7-19(21)20-8-5-6-10-22(20)30(2)25(23)32/h3-14,16,19,21,23H,15H2,1-2H3,(H,28,33)(H,29,31)/t16-,19?,21?,23?/m0/s1. The number of carbonyl (C=O) groups excluding carboxylic acids is 3. The van der Waals surface area contributed by atoms with Gasteiger partial charge in [-0.2, -0.15) is 0 Å². The molecule has 0 bridgehead atoms. The summed E-state index contributed by atoms with van der Waals surface area (Å²) in [6, 6.07) is 12.5. The zero-order valence-electron chi connectivity index (χ0n) is 18.9. The monoisotopic (exact) mass is 463 g/mol. The van der Waals surface area contributed by atoms with Crippen LogP contribution in [0.3, 0.4) is 0 Å². The number of amides is 3. The lowest BCUT2D eigenvalue weighted by molar-refractivity contribution is -0.133. The van der Waals surface area contributed by atoms with Crippen LogP contribution in [-0.2, 0) is 20.9 Å². The van der Waals surface area contributed by atoms with Crippen molar-refractivity contribution in [3.8, 4) is 0 Å². The van der Waals surface area contributed by atoms with E-state index in [4.69, 9.17) is 4.74 Å². The maximum absolute atomic E-state index is 13.3. The molecule has 3 unspecified atom stereocenters. The molecule has 7 nitrogen and oxygen atoms in total. The number of hydrogen-bond acceptors (Lipinski definition) is 4. The van der Waals surface area contributed by atoms with Crippen molar-refractivity contribution in [3.63, 3.8) is 0 Å². The zero-order valence-corrected chi connectivity index (χ0v) is 18.9. The summed E-state index contributed by atoms with van der Waals surface area (Å²) in [6.07, 6.45) is 5.83. The van der Waals surface area contributed by atoms with Crippen LogP contribution in [0.15, 0.2) is 72.8 Å². The maximum Gasteiger partial charge on any atom is 0.408 e. The lowest BCUT2D eigenvalue weighted by Crippen LogP contribution is -2.53. The second-order valence-electron chi connectivity index (χ2n) is 8.34. The Kier molecular flexibility index (Phi) is 6.77. The number of para-hydroxylation sites is 1. The third-order valence-electron chi connectivity index (χ3n) is 6.12. The number of nitrogens with one attached hydrogen (secondary N) is 2. The van der Waals surface area contributed by atoms with Crippen molar-refractivity contribution < 1.29 is 23.5 Å². The molecule has 1 aliphatic carbocycles. The molecule has 176 valence electrons. The molecule has 3 amide bonds. The Bertz CT molecular complexity index is 1140. The molecule has 4 rings (SSSR count). The Morgan fingerprint density at radius 3 is 2.56 bits per heavy atom. The van der Waals surface area contributed by atoms with Crippen LogP contribution < -0.4 is 15.5 Å². The summed E-state index contributed by atoms with van der Waals surface area (Å²) in [5.74, 6) is -1.57. The third-order valence-corrected chi connectivity index (χ3v) is 6.12. The highest BCUT2D eigenvalue weighted by Gasteiger charge is 2.41. The van der Waals surface area contributed by atoms with Crippen molar-refractivity contribution in [2.75, 3.05) is 11.9 Å². The molecule has 4 atom stereocenters. The van der Waals surface area contributed by atoms with E-state index in [9.17, 15) is 18.8 Å². The molecule has 0 aromatic heterocycles. The van der Waals surface area contributed by atoms with Crippen molar-refractivity contribution in [2.45, 2.75) is 31.5 Å². The highest BCUT2D eigenvalue weighted by Crippen LogP contribution is 2.40. The summed E-state index contributed by atoms with van der Waals surface area (Å²) in [6.45, 7) is 1.57. The first kappa shape index (κ1) is 23.2. The van der Waals surface area contributed by atoms with E-state index in [1.54, 1.807) is 24.1 Å². The van der Waals surface area contributed by atoms with Gasteiger partial charge < -0.3 is 20.3 Å². The number of halogens is 1. The van der Waals surface area contributed by atoms with Gasteiger partial charge in [0.05, 0.1) is 0 Å². The van der Waals surface area contributed by atoms with Gasteiger partial charge >= 0.3 is 6.09 Å². The van der Waals surface area contributed by atoms with Crippen LogP contribution in [0.4, 0.5) is 14.9 Å². The lowest BCUT2D eigenvalue weighted by atomic mass is 9.79. The first-order valence-corrected chi connectivity index (χ1v) is 11.1. The Hall–Kier alpha value is -3.94. The molecule has 1 heterocycles. The summed E-state index contributed by atoms with van der Waals surface area (Å²) < 4.78 is 18.2. The van der Waals surface area contributed by atoms with Crippen LogP contribution in [-0.4, -0.2) is 37.1 Å². The molecule has 2 aromatic rings. The third kappa shape index (κ3) is 4.85. The molecular formula is C26H26FN3O4. The Balaban J connectivity index is 1.42. The van der Waals surface area contributed by atoms with Crippen LogP contribution in [0.1, 0.15) is 24.0 Å². The van der Waals surface area contributed by atoms with Crippen LogP contribution in [0.2, 0.25) is 0 Å². The Morgan fingerprint density at radius 2 is 1.79 bits per heavy atom. The lowest BCUT2D eigenvalue weighted by Gasteiger charge is -2.30. The SMILES string of the molecule is C[C@H](OC(=O)NCc1ccc(F)cc1)C(=O)NC1C(=O)N(C)c2ccccc2C2C=CC=CC12. The topological polar surface area (TPSA) is 87.7 Å². The molecule has 1 aliphatic heterocycles. The molecular weight excluding hydrogens is 437 g/mol. The van der Waals surface area contributed by atoms with Gasteiger partial charge in [0.1, 0.15) is 11.9 Å². The molecule has 2 aromatic carbocycles. The van der Waals surface area contributed by atoms with Crippen molar-refractivity contribution in [1.29, 1.82) is 0 Å². The number of alkyl carbamates (subject to hydrolysis) is 1. The molecule has 0 radical (unpaired) electrons. The van der Waals surface area contributed by atoms with Gasteiger partial charge in [-0.1, -0.05) is 54.6 Å². The van der Waals surface area contributed by atoms with Crippen LogP contribution in [0.5, 0.6) is 0 Å². The average molecular weight is 464 g/mol. The van der Waals surface area contributed by atoms with Gasteiger partial charge in [0.2, 0.25) is 5.91 Å². The highest BCUT2D eigenvalue weighted by atomic mass is 19.1. The highest BCUT2D eigenvalue weighted by molar-refractivity contribution is 6.01. The van der Waals surface area contributed by atoms with Gasteiger partial charge in [-0.15, -0.1) is 0 Å². The number of ether oxygens (including phenoxy) is 1. The number of carbonyl (C=O) groups is 3. The largest absolute Gasteiger partial charge is 0.436 e. The summed E-state index contributed by atoms with van der Waals surface area (Å²) in [4.78, 5) is 39.9. The van der Waals surface area contributed by atoms with Crippen molar-refractivity contribution >= 4 is 23.6 Å². The Morgan fingerprint density at radius 1 is 1.09 bits per heavy atom. The minimum Gasteiger partial charge on any atom is -0.436 e. The molecule has 8 heteroatoms. The molecule has 0 spiro atoms. The van der Waals surface area contributed by atoms with Crippen LogP contribution >= 0.6 is 0 Å². The number of anilines is 1. The molecule has 34 heavy (non-hydrogen) atoms. The van der Waals surface area contributed by atoms with Gasteiger partial charge in [-0.05, 0) is 36.2 Å². The fraction of sp³-hybridized carbons (Fsp3) is 0.269. The maximum atomic E-state index is 13.3. The zero-order chi connectivity index (χ0) is 24.2. The van der Waals surface area contributed by atoms with E-state index in [0.29, 0.717) is 5.56 Å². The van der Waals surface area contributed by atoms with Crippen molar-refractivity contribution in [3.05, 3.63) is 89.8 Å². The van der Waals surface area contributed by atoms with Crippen LogP contribution in [0, 0.1) is 11.7 Å². The molecule has 2 aliphatic rings. The normalized spacial score (nSPS) is 21.7. The predicted octanol–water partition coefficient (Wildman–Crippen LogP) is 3.43. The van der Waals surface area contributed by atoms with Gasteiger partial charge in [0.25, 0.3) is 5.91 Å². The summed E-state index contributed by atoms with van der Waals surface area (Å²) in [5.41, 5.74) is 2.49. The van der Waals surface area contributed by atoms with Gasteiger partial charge in [0.15, 0.2) is 6.10 Å². The average Bonchev–Trinajstić information content (AvgIpc) is 2.93. The molecule has 0 saturated heterocycles. The minimum atomic E-state index is -1.13. The summed E-state index contributed by atoms with van der Waals surface area (Å²) in [5, 5.41) is 5.33. The minimum absolute atomic E-state index is 0.0874. The van der Waals surface area contributed by atoms with E-state index >= 15 is 0 Å².